The molecule has 0 aliphatic carbocycles. The highest BCUT2D eigenvalue weighted by Gasteiger charge is 2.28. The van der Waals surface area contributed by atoms with Crippen molar-refractivity contribution < 1.29 is 4.79 Å². The normalized spacial score (nSPS) is 18.4. The van der Waals surface area contributed by atoms with Crippen molar-refractivity contribution in [2.45, 2.75) is 18.9 Å². The van der Waals surface area contributed by atoms with Crippen LogP contribution in [0.1, 0.15) is 23.2 Å². The number of hydrogen-bond acceptors (Lipinski definition) is 4. The molecule has 6 heteroatoms. The summed E-state index contributed by atoms with van der Waals surface area (Å²) < 4.78 is 0. The van der Waals surface area contributed by atoms with Crippen LogP contribution in [-0.2, 0) is 0 Å². The average molecular weight is 271 g/mol. The zero-order valence-corrected chi connectivity index (χ0v) is 11.1. The number of nitrogens with one attached hydrogen (secondary N) is 1. The summed E-state index contributed by atoms with van der Waals surface area (Å²) in [5, 5.41) is 6.62. The lowest BCUT2D eigenvalue weighted by Gasteiger charge is -2.23. The summed E-state index contributed by atoms with van der Waals surface area (Å²) in [7, 11) is 0. The molecule has 0 saturated carbocycles. The Balaban J connectivity index is 1.79. The van der Waals surface area contributed by atoms with E-state index < -0.39 is 0 Å². The lowest BCUT2D eigenvalue weighted by molar-refractivity contribution is 0.0741. The number of likely N-dealkylation sites (tertiary alicyclic amines) is 1. The monoisotopic (exact) mass is 271 g/mol. The number of carbonyl (C=O) groups excluding carboxylic acids is 1. The molecule has 1 aromatic carbocycles. The summed E-state index contributed by atoms with van der Waals surface area (Å²) in [6, 6.07) is 7.58. The predicted molar refractivity (Wildman–Crippen MR) is 74.9 cm³/mol. The lowest BCUT2D eigenvalue weighted by atomic mass is 10.1. The van der Waals surface area contributed by atoms with Crippen molar-refractivity contribution in [3.8, 4) is 11.4 Å². The second-order valence-corrected chi connectivity index (χ2v) is 4.94. The molecule has 2 heterocycles. The number of nitrogens with zero attached hydrogens (tertiary/aromatic N) is 3. The van der Waals surface area contributed by atoms with Crippen LogP contribution >= 0.6 is 0 Å². The molecular formula is C14H17N5O. The first kappa shape index (κ1) is 12.8. The number of amides is 1. The molecule has 0 unspecified atom stereocenters. The van der Waals surface area contributed by atoms with Gasteiger partial charge in [0.25, 0.3) is 5.91 Å². The van der Waals surface area contributed by atoms with Crippen molar-refractivity contribution in [3.63, 3.8) is 0 Å². The maximum atomic E-state index is 12.4. The molecule has 1 saturated heterocycles. The maximum absolute atomic E-state index is 12.4. The molecule has 0 bridgehead atoms. The number of aromatic amines is 1. The zero-order chi connectivity index (χ0) is 13.9. The maximum Gasteiger partial charge on any atom is 0.254 e. The molecule has 1 aliphatic heterocycles. The highest BCUT2D eigenvalue weighted by atomic mass is 16.2. The van der Waals surface area contributed by atoms with Crippen LogP contribution in [0, 0.1) is 0 Å². The summed E-state index contributed by atoms with van der Waals surface area (Å²) in [4.78, 5) is 18.4. The Labute approximate surface area is 117 Å². The smallest absolute Gasteiger partial charge is 0.254 e. The number of hydrogen-bond donors (Lipinski definition) is 2. The van der Waals surface area contributed by atoms with Gasteiger partial charge in [-0.1, -0.05) is 12.1 Å². The molecule has 0 spiro atoms. The van der Waals surface area contributed by atoms with E-state index >= 15 is 0 Å². The summed E-state index contributed by atoms with van der Waals surface area (Å²) in [6.07, 6.45) is 3.49. The van der Waals surface area contributed by atoms with Gasteiger partial charge in [0.1, 0.15) is 6.33 Å². The molecule has 3 rings (SSSR count). The average Bonchev–Trinajstić information content (AvgIpc) is 3.17. The van der Waals surface area contributed by atoms with Crippen LogP contribution in [-0.4, -0.2) is 45.1 Å². The topological polar surface area (TPSA) is 87.9 Å². The largest absolute Gasteiger partial charge is 0.334 e. The molecule has 20 heavy (non-hydrogen) atoms. The van der Waals surface area contributed by atoms with Crippen LogP contribution < -0.4 is 5.73 Å². The second-order valence-electron chi connectivity index (χ2n) is 4.94. The Kier molecular flexibility index (Phi) is 3.47. The molecule has 0 radical (unpaired) electrons. The van der Waals surface area contributed by atoms with Gasteiger partial charge in [0.05, 0.1) is 0 Å². The third-order valence-corrected chi connectivity index (χ3v) is 3.73. The zero-order valence-electron chi connectivity index (χ0n) is 11.1. The number of benzene rings is 1. The van der Waals surface area contributed by atoms with Crippen molar-refractivity contribution in [1.29, 1.82) is 0 Å². The standard InChI is InChI=1S/C14H17N5O/c15-8-12-2-1-7-19(12)14(20)11-5-3-10(4-6-11)13-16-9-17-18-13/h3-6,9,12H,1-2,7-8,15H2,(H,16,17,18)/t12-/m1/s1. The van der Waals surface area contributed by atoms with Crippen molar-refractivity contribution >= 4 is 5.91 Å². The quantitative estimate of drug-likeness (QED) is 0.873. The van der Waals surface area contributed by atoms with E-state index in [1.54, 1.807) is 0 Å². The minimum atomic E-state index is 0.0575. The number of rotatable bonds is 3. The Morgan fingerprint density at radius 2 is 2.20 bits per heavy atom. The number of nitrogens with two attached hydrogens (primary N) is 1. The molecule has 6 nitrogen and oxygen atoms in total. The first-order valence-corrected chi connectivity index (χ1v) is 6.76. The fourth-order valence-corrected chi connectivity index (χ4v) is 2.63. The van der Waals surface area contributed by atoms with Crippen molar-refractivity contribution in [2.75, 3.05) is 13.1 Å². The van der Waals surface area contributed by atoms with Crippen LogP contribution in [0.25, 0.3) is 11.4 Å². The van der Waals surface area contributed by atoms with Gasteiger partial charge in [-0.3, -0.25) is 9.89 Å². The van der Waals surface area contributed by atoms with Gasteiger partial charge in [0.2, 0.25) is 0 Å². The minimum Gasteiger partial charge on any atom is -0.334 e. The van der Waals surface area contributed by atoms with Crippen molar-refractivity contribution in [1.82, 2.24) is 20.1 Å². The van der Waals surface area contributed by atoms with Crippen LogP contribution in [0.2, 0.25) is 0 Å². The van der Waals surface area contributed by atoms with Crippen LogP contribution in [0.4, 0.5) is 0 Å². The Morgan fingerprint density at radius 3 is 2.85 bits per heavy atom. The minimum absolute atomic E-state index is 0.0575. The molecule has 3 N–H and O–H groups in total. The molecular weight excluding hydrogens is 254 g/mol. The van der Waals surface area contributed by atoms with E-state index in [1.807, 2.05) is 29.2 Å². The Bertz CT molecular complexity index is 578. The first-order chi connectivity index (χ1) is 9.79. The molecule has 2 aromatic rings. The van der Waals surface area contributed by atoms with Gasteiger partial charge in [-0.25, -0.2) is 4.98 Å². The van der Waals surface area contributed by atoms with E-state index in [4.69, 9.17) is 5.73 Å². The van der Waals surface area contributed by atoms with E-state index in [0.29, 0.717) is 17.9 Å². The van der Waals surface area contributed by atoms with E-state index in [-0.39, 0.29) is 11.9 Å². The van der Waals surface area contributed by atoms with Gasteiger partial charge in [0, 0.05) is 30.3 Å². The summed E-state index contributed by atoms with van der Waals surface area (Å²) in [6.45, 7) is 1.33. The molecule has 1 aliphatic rings. The van der Waals surface area contributed by atoms with E-state index in [9.17, 15) is 4.79 Å². The summed E-state index contributed by atoms with van der Waals surface area (Å²) in [5.41, 5.74) is 7.32. The van der Waals surface area contributed by atoms with Gasteiger partial charge < -0.3 is 10.6 Å². The molecule has 1 fully saturated rings. The molecule has 104 valence electrons. The molecule has 1 amide bonds. The molecule has 1 atom stereocenters. The van der Waals surface area contributed by atoms with E-state index in [2.05, 4.69) is 15.2 Å². The first-order valence-electron chi connectivity index (χ1n) is 6.76. The van der Waals surface area contributed by atoms with Gasteiger partial charge >= 0.3 is 0 Å². The van der Waals surface area contributed by atoms with Crippen LogP contribution in [0.5, 0.6) is 0 Å². The Morgan fingerprint density at radius 1 is 1.40 bits per heavy atom. The third-order valence-electron chi connectivity index (χ3n) is 3.73. The fraction of sp³-hybridized carbons (Fsp3) is 0.357. The summed E-state index contributed by atoms with van der Waals surface area (Å²) in [5.74, 6) is 0.757. The van der Waals surface area contributed by atoms with Gasteiger partial charge in [-0.2, -0.15) is 5.10 Å². The van der Waals surface area contributed by atoms with E-state index in [0.717, 1.165) is 24.9 Å². The van der Waals surface area contributed by atoms with Gasteiger partial charge in [-0.05, 0) is 25.0 Å². The van der Waals surface area contributed by atoms with E-state index in [1.165, 1.54) is 6.33 Å². The Hall–Kier alpha value is -2.21. The number of carbonyl (C=O) groups is 1. The fourth-order valence-electron chi connectivity index (χ4n) is 2.63. The van der Waals surface area contributed by atoms with Crippen LogP contribution in [0.15, 0.2) is 30.6 Å². The second kappa shape index (κ2) is 5.42. The molecule has 1 aromatic heterocycles. The van der Waals surface area contributed by atoms with Gasteiger partial charge in [-0.15, -0.1) is 0 Å². The van der Waals surface area contributed by atoms with Crippen molar-refractivity contribution in [2.24, 2.45) is 5.73 Å². The SMILES string of the molecule is NC[C@H]1CCCN1C(=O)c1ccc(-c2ncn[nH]2)cc1. The van der Waals surface area contributed by atoms with Crippen molar-refractivity contribution in [3.05, 3.63) is 36.2 Å². The lowest BCUT2D eigenvalue weighted by Crippen LogP contribution is -2.39. The summed E-state index contributed by atoms with van der Waals surface area (Å²) >= 11 is 0. The number of aromatic nitrogens is 3. The van der Waals surface area contributed by atoms with Crippen LogP contribution in [0.3, 0.4) is 0 Å². The van der Waals surface area contributed by atoms with Gasteiger partial charge in [0.15, 0.2) is 5.82 Å². The highest BCUT2D eigenvalue weighted by Crippen LogP contribution is 2.21. The highest BCUT2D eigenvalue weighted by molar-refractivity contribution is 5.95. The third kappa shape index (κ3) is 2.30. The predicted octanol–water partition coefficient (Wildman–Crippen LogP) is 1.03. The number of H-pyrrole nitrogens is 1.